The van der Waals surface area contributed by atoms with Gasteiger partial charge in [-0.1, -0.05) is 18.2 Å². The minimum Gasteiger partial charge on any atom is -0.487 e. The van der Waals surface area contributed by atoms with Gasteiger partial charge in [-0.05, 0) is 43.3 Å². The second kappa shape index (κ2) is 13.5. The molecule has 0 saturated heterocycles. The van der Waals surface area contributed by atoms with Crippen LogP contribution >= 0.6 is 0 Å². The van der Waals surface area contributed by atoms with Crippen LogP contribution < -0.4 is 15.4 Å². The number of ether oxygens (including phenoxy) is 2. The molecule has 0 aliphatic heterocycles. The Labute approximate surface area is 174 Å². The number of pyridine rings is 1. The van der Waals surface area contributed by atoms with E-state index in [9.17, 15) is 0 Å². The molecule has 2 rings (SSSR count). The maximum atomic E-state index is 5.77. The summed E-state index contributed by atoms with van der Waals surface area (Å²) in [7, 11) is 5.64. The van der Waals surface area contributed by atoms with Crippen molar-refractivity contribution in [1.29, 1.82) is 0 Å². The Morgan fingerprint density at radius 3 is 2.62 bits per heavy atom. The van der Waals surface area contributed by atoms with Crippen LogP contribution in [-0.2, 0) is 17.9 Å². The number of aromatic nitrogens is 1. The largest absolute Gasteiger partial charge is 0.487 e. The molecule has 1 aromatic carbocycles. The zero-order chi connectivity index (χ0) is 20.7. The van der Waals surface area contributed by atoms with Crippen LogP contribution in [0.25, 0.3) is 0 Å². The van der Waals surface area contributed by atoms with E-state index in [1.807, 2.05) is 30.3 Å². The molecular formula is C22H33N5O2. The first-order valence-corrected chi connectivity index (χ1v) is 9.95. The minimum atomic E-state index is 0.467. The van der Waals surface area contributed by atoms with Crippen molar-refractivity contribution in [2.75, 3.05) is 47.4 Å². The smallest absolute Gasteiger partial charge is 0.191 e. The van der Waals surface area contributed by atoms with Crippen molar-refractivity contribution < 1.29 is 9.47 Å². The Morgan fingerprint density at radius 1 is 1.10 bits per heavy atom. The van der Waals surface area contributed by atoms with E-state index in [4.69, 9.17) is 9.47 Å². The first kappa shape index (κ1) is 22.6. The average Bonchev–Trinajstić information content (AvgIpc) is 2.76. The highest BCUT2D eigenvalue weighted by atomic mass is 16.5. The zero-order valence-electron chi connectivity index (χ0n) is 17.7. The lowest BCUT2D eigenvalue weighted by molar-refractivity contribution is 0.180. The number of hydrogen-bond acceptors (Lipinski definition) is 5. The molecule has 0 spiro atoms. The van der Waals surface area contributed by atoms with Crippen molar-refractivity contribution in [3.8, 4) is 5.75 Å². The quantitative estimate of drug-likeness (QED) is 0.324. The zero-order valence-corrected chi connectivity index (χ0v) is 17.7. The molecule has 0 unspecified atom stereocenters. The van der Waals surface area contributed by atoms with Gasteiger partial charge in [-0.3, -0.25) is 9.98 Å². The number of benzene rings is 1. The number of likely N-dealkylation sites (N-methyl/N-ethyl adjacent to an activating group) is 1. The van der Waals surface area contributed by atoms with Gasteiger partial charge in [0.2, 0.25) is 0 Å². The Bertz CT molecular complexity index is 707. The predicted molar refractivity (Wildman–Crippen MR) is 117 cm³/mol. The molecule has 7 nitrogen and oxygen atoms in total. The highest BCUT2D eigenvalue weighted by Gasteiger charge is 2.02. The summed E-state index contributed by atoms with van der Waals surface area (Å²) in [6, 6.07) is 13.9. The fraction of sp³-hybridized carbons (Fsp3) is 0.455. The fourth-order valence-corrected chi connectivity index (χ4v) is 2.71. The van der Waals surface area contributed by atoms with Crippen LogP contribution in [0.3, 0.4) is 0 Å². The van der Waals surface area contributed by atoms with E-state index in [0.29, 0.717) is 13.2 Å². The molecular weight excluding hydrogens is 366 g/mol. The van der Waals surface area contributed by atoms with Crippen LogP contribution in [-0.4, -0.2) is 63.3 Å². The normalized spacial score (nSPS) is 11.5. The van der Waals surface area contributed by atoms with Crippen LogP contribution in [0.15, 0.2) is 53.7 Å². The maximum Gasteiger partial charge on any atom is 0.191 e. The van der Waals surface area contributed by atoms with E-state index in [-0.39, 0.29) is 0 Å². The maximum absolute atomic E-state index is 5.77. The molecule has 0 amide bonds. The third-order valence-corrected chi connectivity index (χ3v) is 4.39. The lowest BCUT2D eigenvalue weighted by atomic mass is 10.2. The fourth-order valence-electron chi connectivity index (χ4n) is 2.71. The van der Waals surface area contributed by atoms with Gasteiger partial charge in [0, 0.05) is 53.1 Å². The Morgan fingerprint density at radius 2 is 1.93 bits per heavy atom. The van der Waals surface area contributed by atoms with Crippen molar-refractivity contribution in [1.82, 2.24) is 20.5 Å². The molecule has 0 atom stereocenters. The van der Waals surface area contributed by atoms with E-state index < -0.39 is 0 Å². The molecule has 1 aromatic heterocycles. The molecule has 2 N–H and O–H groups in total. The van der Waals surface area contributed by atoms with Crippen LogP contribution in [0.5, 0.6) is 5.75 Å². The average molecular weight is 400 g/mol. The minimum absolute atomic E-state index is 0.467. The summed E-state index contributed by atoms with van der Waals surface area (Å²) >= 11 is 0. The monoisotopic (exact) mass is 399 g/mol. The number of nitrogens with zero attached hydrogens (tertiary/aromatic N) is 3. The van der Waals surface area contributed by atoms with E-state index in [0.717, 1.165) is 55.6 Å². The lowest BCUT2D eigenvalue weighted by Gasteiger charge is -2.18. The first-order chi connectivity index (χ1) is 14.2. The van der Waals surface area contributed by atoms with Crippen molar-refractivity contribution in [3.63, 3.8) is 0 Å². The summed E-state index contributed by atoms with van der Waals surface area (Å²) in [5.41, 5.74) is 2.08. The summed E-state index contributed by atoms with van der Waals surface area (Å²) in [5.74, 6) is 1.63. The molecule has 0 aliphatic rings. The highest BCUT2D eigenvalue weighted by molar-refractivity contribution is 5.79. The number of nitrogens with one attached hydrogen (secondary N) is 2. The van der Waals surface area contributed by atoms with Gasteiger partial charge in [0.05, 0.1) is 5.69 Å². The van der Waals surface area contributed by atoms with Gasteiger partial charge in [0.25, 0.3) is 0 Å². The first-order valence-electron chi connectivity index (χ1n) is 9.95. The van der Waals surface area contributed by atoms with Gasteiger partial charge in [0.15, 0.2) is 5.96 Å². The molecule has 0 radical (unpaired) electrons. The number of rotatable bonds is 12. The molecule has 0 fully saturated rings. The van der Waals surface area contributed by atoms with Crippen molar-refractivity contribution in [3.05, 3.63) is 59.9 Å². The number of guanidine groups is 1. The predicted octanol–water partition coefficient (Wildman–Crippen LogP) is 2.29. The topological polar surface area (TPSA) is 71.0 Å². The molecule has 2 aromatic rings. The Balaban J connectivity index is 1.67. The third kappa shape index (κ3) is 9.40. The third-order valence-electron chi connectivity index (χ3n) is 4.39. The van der Waals surface area contributed by atoms with Gasteiger partial charge in [0.1, 0.15) is 12.4 Å². The lowest BCUT2D eigenvalue weighted by Crippen LogP contribution is -2.40. The molecule has 0 aliphatic carbocycles. The molecule has 0 saturated carbocycles. The van der Waals surface area contributed by atoms with Gasteiger partial charge in [-0.2, -0.15) is 0 Å². The standard InChI is InChI=1S/C22H33N5O2/c1-23-22(25-13-15-27(2)14-6-16-28-3)26-17-19-8-10-21(11-9-19)29-18-20-7-4-5-12-24-20/h4-5,7-12H,6,13-18H2,1-3H3,(H2,23,25,26). The van der Waals surface area contributed by atoms with Crippen LogP contribution in [0.1, 0.15) is 17.7 Å². The Hall–Kier alpha value is -2.64. The van der Waals surface area contributed by atoms with Gasteiger partial charge < -0.3 is 25.0 Å². The molecule has 1 heterocycles. The van der Waals surface area contributed by atoms with Crippen molar-refractivity contribution in [2.24, 2.45) is 4.99 Å². The van der Waals surface area contributed by atoms with Crippen molar-refractivity contribution in [2.45, 2.75) is 19.6 Å². The van der Waals surface area contributed by atoms with E-state index in [1.54, 1.807) is 20.4 Å². The summed E-state index contributed by atoms with van der Waals surface area (Å²) < 4.78 is 10.9. The number of aliphatic imine (C=N–C) groups is 1. The molecule has 7 heteroatoms. The van der Waals surface area contributed by atoms with Crippen LogP contribution in [0.2, 0.25) is 0 Å². The second-order valence-corrected chi connectivity index (χ2v) is 6.76. The van der Waals surface area contributed by atoms with E-state index in [1.165, 1.54) is 0 Å². The van der Waals surface area contributed by atoms with Gasteiger partial charge >= 0.3 is 0 Å². The number of methoxy groups -OCH3 is 1. The second-order valence-electron chi connectivity index (χ2n) is 6.76. The van der Waals surface area contributed by atoms with E-state index in [2.05, 4.69) is 44.7 Å². The van der Waals surface area contributed by atoms with Gasteiger partial charge in [-0.15, -0.1) is 0 Å². The van der Waals surface area contributed by atoms with Crippen LogP contribution in [0, 0.1) is 0 Å². The molecule has 29 heavy (non-hydrogen) atoms. The van der Waals surface area contributed by atoms with Crippen molar-refractivity contribution >= 4 is 5.96 Å². The highest BCUT2D eigenvalue weighted by Crippen LogP contribution is 2.13. The summed E-state index contributed by atoms with van der Waals surface area (Å²) in [6.45, 7) is 4.78. The van der Waals surface area contributed by atoms with Crippen LogP contribution in [0.4, 0.5) is 0 Å². The number of hydrogen-bond donors (Lipinski definition) is 2. The Kier molecular flexibility index (Phi) is 10.6. The summed E-state index contributed by atoms with van der Waals surface area (Å²) in [6.07, 6.45) is 2.81. The van der Waals surface area contributed by atoms with Gasteiger partial charge in [-0.25, -0.2) is 0 Å². The molecule has 0 bridgehead atoms. The van der Waals surface area contributed by atoms with E-state index >= 15 is 0 Å². The summed E-state index contributed by atoms with van der Waals surface area (Å²) in [5, 5.41) is 6.68. The summed E-state index contributed by atoms with van der Waals surface area (Å²) in [4.78, 5) is 10.8. The SMILES string of the molecule is CN=C(NCCN(C)CCCOC)NCc1ccc(OCc2ccccn2)cc1. The molecule has 158 valence electrons.